The van der Waals surface area contributed by atoms with Gasteiger partial charge in [-0.3, -0.25) is 0 Å². The maximum absolute atomic E-state index is 5.95. The number of halogens is 1. The van der Waals surface area contributed by atoms with E-state index in [9.17, 15) is 0 Å². The van der Waals surface area contributed by atoms with E-state index in [1.54, 1.807) is 0 Å². The predicted molar refractivity (Wildman–Crippen MR) is 86.7 cm³/mol. The standard InChI is InChI=1S/C15H19BrN4/c1-9(2)14-19-13(17)10(3)15(20-14)18-8-11-5-4-6-12(16)7-11/h4-7,9H,8H2,1-3H3,(H3,17,18,19,20). The van der Waals surface area contributed by atoms with Crippen LogP contribution < -0.4 is 11.1 Å². The third kappa shape index (κ3) is 3.48. The molecule has 106 valence electrons. The van der Waals surface area contributed by atoms with Gasteiger partial charge in [0.25, 0.3) is 0 Å². The highest BCUT2D eigenvalue weighted by Crippen LogP contribution is 2.21. The van der Waals surface area contributed by atoms with Crippen LogP contribution in [0.5, 0.6) is 0 Å². The molecule has 1 aromatic carbocycles. The van der Waals surface area contributed by atoms with Gasteiger partial charge in [-0.05, 0) is 24.6 Å². The number of hydrogen-bond donors (Lipinski definition) is 2. The number of aromatic nitrogens is 2. The van der Waals surface area contributed by atoms with Crippen LogP contribution in [0.3, 0.4) is 0 Å². The zero-order valence-corrected chi connectivity index (χ0v) is 13.5. The largest absolute Gasteiger partial charge is 0.383 e. The average molecular weight is 335 g/mol. The first-order valence-electron chi connectivity index (χ1n) is 6.59. The molecule has 2 rings (SSSR count). The van der Waals surface area contributed by atoms with Gasteiger partial charge in [0.15, 0.2) is 0 Å². The van der Waals surface area contributed by atoms with Gasteiger partial charge in [-0.1, -0.05) is 41.9 Å². The monoisotopic (exact) mass is 334 g/mol. The first kappa shape index (κ1) is 14.8. The molecule has 0 spiro atoms. The predicted octanol–water partition coefficient (Wildman–Crippen LogP) is 3.87. The van der Waals surface area contributed by atoms with E-state index in [4.69, 9.17) is 5.73 Å². The lowest BCUT2D eigenvalue weighted by molar-refractivity contribution is 0.774. The zero-order chi connectivity index (χ0) is 14.7. The van der Waals surface area contributed by atoms with Crippen LogP contribution in [-0.2, 0) is 6.54 Å². The summed E-state index contributed by atoms with van der Waals surface area (Å²) in [4.78, 5) is 8.88. The fourth-order valence-electron chi connectivity index (χ4n) is 1.81. The second-order valence-electron chi connectivity index (χ2n) is 5.08. The second-order valence-corrected chi connectivity index (χ2v) is 5.99. The van der Waals surface area contributed by atoms with E-state index in [0.717, 1.165) is 21.7 Å². The van der Waals surface area contributed by atoms with Crippen LogP contribution in [0, 0.1) is 6.92 Å². The molecule has 5 heteroatoms. The Labute approximate surface area is 128 Å². The van der Waals surface area contributed by atoms with Crippen LogP contribution in [0.15, 0.2) is 28.7 Å². The number of benzene rings is 1. The van der Waals surface area contributed by atoms with Crippen molar-refractivity contribution in [2.75, 3.05) is 11.1 Å². The summed E-state index contributed by atoms with van der Waals surface area (Å²) in [6.45, 7) is 6.75. The maximum Gasteiger partial charge on any atom is 0.135 e. The molecule has 2 aromatic rings. The van der Waals surface area contributed by atoms with Crippen LogP contribution >= 0.6 is 15.9 Å². The minimum atomic E-state index is 0.254. The molecule has 0 fully saturated rings. The molecular weight excluding hydrogens is 316 g/mol. The number of nitrogen functional groups attached to an aromatic ring is 1. The third-order valence-corrected chi connectivity index (χ3v) is 3.56. The van der Waals surface area contributed by atoms with Gasteiger partial charge >= 0.3 is 0 Å². The van der Waals surface area contributed by atoms with Crippen molar-refractivity contribution in [1.29, 1.82) is 0 Å². The molecule has 0 bridgehead atoms. The van der Waals surface area contributed by atoms with Crippen molar-refractivity contribution in [1.82, 2.24) is 9.97 Å². The van der Waals surface area contributed by atoms with E-state index < -0.39 is 0 Å². The van der Waals surface area contributed by atoms with Gasteiger partial charge in [0.05, 0.1) is 0 Å². The van der Waals surface area contributed by atoms with Crippen molar-refractivity contribution in [3.63, 3.8) is 0 Å². The molecule has 0 atom stereocenters. The summed E-state index contributed by atoms with van der Waals surface area (Å²) in [6.07, 6.45) is 0. The molecule has 0 aliphatic carbocycles. The summed E-state index contributed by atoms with van der Waals surface area (Å²) < 4.78 is 1.07. The summed E-state index contributed by atoms with van der Waals surface area (Å²) in [7, 11) is 0. The lowest BCUT2D eigenvalue weighted by Gasteiger charge is -2.13. The Kier molecular flexibility index (Phi) is 4.60. The summed E-state index contributed by atoms with van der Waals surface area (Å²) >= 11 is 3.47. The quantitative estimate of drug-likeness (QED) is 0.890. The normalized spacial score (nSPS) is 10.8. The second kappa shape index (κ2) is 6.22. The van der Waals surface area contributed by atoms with Crippen molar-refractivity contribution in [3.8, 4) is 0 Å². The summed E-state index contributed by atoms with van der Waals surface area (Å²) in [5.74, 6) is 2.37. The highest BCUT2D eigenvalue weighted by Gasteiger charge is 2.11. The third-order valence-electron chi connectivity index (χ3n) is 3.07. The molecule has 1 heterocycles. The number of rotatable bonds is 4. The van der Waals surface area contributed by atoms with E-state index in [1.807, 2.05) is 19.1 Å². The first-order valence-corrected chi connectivity index (χ1v) is 7.39. The van der Waals surface area contributed by atoms with Crippen molar-refractivity contribution < 1.29 is 0 Å². The number of nitrogens with zero attached hydrogens (tertiary/aromatic N) is 2. The SMILES string of the molecule is Cc1c(N)nc(C(C)C)nc1NCc1cccc(Br)c1. The Hall–Kier alpha value is -1.62. The molecule has 0 saturated carbocycles. The summed E-state index contributed by atoms with van der Waals surface area (Å²) in [6, 6.07) is 8.17. The molecule has 0 radical (unpaired) electrons. The van der Waals surface area contributed by atoms with Crippen LogP contribution in [0.4, 0.5) is 11.6 Å². The lowest BCUT2D eigenvalue weighted by Crippen LogP contribution is -2.10. The molecular formula is C15H19BrN4. The minimum absolute atomic E-state index is 0.254. The van der Waals surface area contributed by atoms with E-state index in [0.29, 0.717) is 12.4 Å². The fourth-order valence-corrected chi connectivity index (χ4v) is 2.26. The van der Waals surface area contributed by atoms with E-state index in [2.05, 4.69) is 57.2 Å². The fraction of sp³-hybridized carbons (Fsp3) is 0.333. The lowest BCUT2D eigenvalue weighted by atomic mass is 10.2. The van der Waals surface area contributed by atoms with Crippen LogP contribution in [0.1, 0.15) is 36.7 Å². The van der Waals surface area contributed by atoms with Crippen LogP contribution in [-0.4, -0.2) is 9.97 Å². The smallest absolute Gasteiger partial charge is 0.135 e. The zero-order valence-electron chi connectivity index (χ0n) is 11.9. The Bertz CT molecular complexity index is 611. The Morgan fingerprint density at radius 1 is 1.30 bits per heavy atom. The van der Waals surface area contributed by atoms with Gasteiger partial charge in [0.2, 0.25) is 0 Å². The van der Waals surface area contributed by atoms with Gasteiger partial charge in [-0.2, -0.15) is 0 Å². The Morgan fingerprint density at radius 3 is 2.70 bits per heavy atom. The molecule has 0 unspecified atom stereocenters. The number of nitrogens with two attached hydrogens (primary N) is 1. The average Bonchev–Trinajstić information content (AvgIpc) is 2.40. The van der Waals surface area contributed by atoms with Crippen molar-refractivity contribution in [2.45, 2.75) is 33.2 Å². The van der Waals surface area contributed by atoms with Gasteiger partial charge in [0.1, 0.15) is 17.5 Å². The molecule has 0 aliphatic heterocycles. The topological polar surface area (TPSA) is 63.8 Å². The van der Waals surface area contributed by atoms with E-state index in [-0.39, 0.29) is 5.92 Å². The first-order chi connectivity index (χ1) is 9.47. The number of anilines is 2. The molecule has 0 aliphatic rings. The summed E-state index contributed by atoms with van der Waals surface area (Å²) in [5.41, 5.74) is 8.03. The van der Waals surface area contributed by atoms with Crippen LogP contribution in [0.25, 0.3) is 0 Å². The molecule has 4 nitrogen and oxygen atoms in total. The van der Waals surface area contributed by atoms with Crippen molar-refractivity contribution in [2.24, 2.45) is 0 Å². The Balaban J connectivity index is 2.20. The number of nitrogens with one attached hydrogen (secondary N) is 1. The highest BCUT2D eigenvalue weighted by molar-refractivity contribution is 9.10. The van der Waals surface area contributed by atoms with Crippen molar-refractivity contribution in [3.05, 3.63) is 45.7 Å². The molecule has 1 aromatic heterocycles. The van der Waals surface area contributed by atoms with Crippen molar-refractivity contribution >= 4 is 27.6 Å². The molecule has 0 amide bonds. The number of hydrogen-bond acceptors (Lipinski definition) is 4. The molecule has 3 N–H and O–H groups in total. The van der Waals surface area contributed by atoms with Gasteiger partial charge in [0, 0.05) is 22.5 Å². The molecule has 20 heavy (non-hydrogen) atoms. The minimum Gasteiger partial charge on any atom is -0.383 e. The maximum atomic E-state index is 5.95. The highest BCUT2D eigenvalue weighted by atomic mass is 79.9. The summed E-state index contributed by atoms with van der Waals surface area (Å²) in [5, 5.41) is 3.34. The van der Waals surface area contributed by atoms with Gasteiger partial charge in [-0.15, -0.1) is 0 Å². The van der Waals surface area contributed by atoms with Crippen LogP contribution in [0.2, 0.25) is 0 Å². The van der Waals surface area contributed by atoms with Gasteiger partial charge in [-0.25, -0.2) is 9.97 Å². The molecule has 0 saturated heterocycles. The van der Waals surface area contributed by atoms with E-state index >= 15 is 0 Å². The van der Waals surface area contributed by atoms with Gasteiger partial charge < -0.3 is 11.1 Å². The van der Waals surface area contributed by atoms with E-state index in [1.165, 1.54) is 5.56 Å². The Morgan fingerprint density at radius 2 is 2.05 bits per heavy atom.